The number of aromatic amines is 1. The Labute approximate surface area is 107 Å². The summed E-state index contributed by atoms with van der Waals surface area (Å²) in [5.41, 5.74) is 4.94. The van der Waals surface area contributed by atoms with E-state index in [9.17, 15) is 0 Å². The molecule has 0 saturated carbocycles. The van der Waals surface area contributed by atoms with Crippen LogP contribution in [0.3, 0.4) is 0 Å². The van der Waals surface area contributed by atoms with Gasteiger partial charge in [0.25, 0.3) is 0 Å². The van der Waals surface area contributed by atoms with Gasteiger partial charge in [0.1, 0.15) is 0 Å². The molecule has 3 rings (SSSR count). The molecule has 3 aromatic rings. The number of hydrogen-bond acceptors (Lipinski definition) is 0. The van der Waals surface area contributed by atoms with Gasteiger partial charge in [-0.1, -0.05) is 60.2 Å². The Morgan fingerprint density at radius 2 is 1.83 bits per heavy atom. The van der Waals surface area contributed by atoms with Gasteiger partial charge in [0.15, 0.2) is 0 Å². The molecule has 0 atom stereocenters. The van der Waals surface area contributed by atoms with E-state index in [0.717, 1.165) is 0 Å². The van der Waals surface area contributed by atoms with Gasteiger partial charge in [0.2, 0.25) is 0 Å². The van der Waals surface area contributed by atoms with Crippen LogP contribution in [-0.2, 0) is 0 Å². The highest BCUT2D eigenvalue weighted by molar-refractivity contribution is 5.91. The van der Waals surface area contributed by atoms with Crippen LogP contribution in [0, 0.1) is 6.92 Å². The highest BCUT2D eigenvalue weighted by atomic mass is 14.7. The Balaban J connectivity index is 1.97. The molecule has 0 spiro atoms. The molecule has 0 saturated heterocycles. The zero-order valence-electron chi connectivity index (χ0n) is 10.4. The summed E-state index contributed by atoms with van der Waals surface area (Å²) in [7, 11) is 0. The van der Waals surface area contributed by atoms with Crippen LogP contribution in [-0.4, -0.2) is 4.98 Å². The molecule has 2 aromatic carbocycles. The van der Waals surface area contributed by atoms with E-state index in [1.165, 1.54) is 27.6 Å². The lowest BCUT2D eigenvalue weighted by Gasteiger charge is -1.95. The van der Waals surface area contributed by atoms with E-state index in [1.807, 2.05) is 6.07 Å². The molecule has 1 N–H and O–H groups in total. The number of aryl methyl sites for hydroxylation is 1. The summed E-state index contributed by atoms with van der Waals surface area (Å²) in [6.07, 6.45) is 6.37. The monoisotopic (exact) mass is 233 g/mol. The Bertz CT molecular complexity index is 704. The largest absolute Gasteiger partial charge is 0.361 e. The van der Waals surface area contributed by atoms with Crippen molar-refractivity contribution in [3.05, 3.63) is 71.4 Å². The third kappa shape index (κ3) is 2.07. The molecule has 0 aliphatic rings. The zero-order chi connectivity index (χ0) is 12.4. The van der Waals surface area contributed by atoms with Gasteiger partial charge < -0.3 is 4.98 Å². The second-order valence-corrected chi connectivity index (χ2v) is 4.54. The zero-order valence-corrected chi connectivity index (χ0v) is 10.4. The normalized spacial score (nSPS) is 11.4. The maximum Gasteiger partial charge on any atom is 0.0460 e. The number of nitrogens with one attached hydrogen (secondary N) is 1. The topological polar surface area (TPSA) is 15.8 Å². The lowest BCUT2D eigenvalue weighted by Crippen LogP contribution is -1.74. The van der Waals surface area contributed by atoms with Gasteiger partial charge in [-0.15, -0.1) is 0 Å². The lowest BCUT2D eigenvalue weighted by molar-refractivity contribution is 1.46. The minimum atomic E-state index is 1.18. The van der Waals surface area contributed by atoms with Gasteiger partial charge in [0.05, 0.1) is 0 Å². The number of aromatic nitrogens is 1. The molecular formula is C17H15N. The summed E-state index contributed by atoms with van der Waals surface area (Å²) in [5, 5.41) is 1.27. The standard InChI is InChI=1S/C17H15N/c1-13-5-4-6-14(11-13)9-10-15-12-18-17-8-3-2-7-16(15)17/h2-12,18H,1H3/b10-9+. The Hall–Kier alpha value is -2.28. The van der Waals surface area contributed by atoms with E-state index in [2.05, 4.69) is 72.7 Å². The fourth-order valence-electron chi connectivity index (χ4n) is 2.19. The van der Waals surface area contributed by atoms with E-state index < -0.39 is 0 Å². The Morgan fingerprint density at radius 3 is 2.72 bits per heavy atom. The summed E-state index contributed by atoms with van der Waals surface area (Å²) in [4.78, 5) is 3.28. The molecule has 0 fully saturated rings. The van der Waals surface area contributed by atoms with Crippen molar-refractivity contribution >= 4 is 23.1 Å². The van der Waals surface area contributed by atoms with Crippen molar-refractivity contribution in [3.8, 4) is 0 Å². The van der Waals surface area contributed by atoms with Crippen molar-refractivity contribution in [2.24, 2.45) is 0 Å². The van der Waals surface area contributed by atoms with Crippen LogP contribution in [0.2, 0.25) is 0 Å². The molecule has 1 heterocycles. The SMILES string of the molecule is Cc1cccc(/C=C/c2c[nH]c3ccccc23)c1. The van der Waals surface area contributed by atoms with Crippen molar-refractivity contribution in [2.75, 3.05) is 0 Å². The molecule has 0 radical (unpaired) electrons. The Kier molecular flexibility index (Phi) is 2.73. The van der Waals surface area contributed by atoms with Crippen molar-refractivity contribution in [1.29, 1.82) is 0 Å². The van der Waals surface area contributed by atoms with Crippen LogP contribution in [0.4, 0.5) is 0 Å². The first kappa shape index (κ1) is 10.8. The van der Waals surface area contributed by atoms with Crippen molar-refractivity contribution < 1.29 is 0 Å². The Morgan fingerprint density at radius 1 is 0.944 bits per heavy atom. The van der Waals surface area contributed by atoms with E-state index in [-0.39, 0.29) is 0 Å². The van der Waals surface area contributed by atoms with Crippen LogP contribution < -0.4 is 0 Å². The number of benzene rings is 2. The third-order valence-electron chi connectivity index (χ3n) is 3.12. The second-order valence-electron chi connectivity index (χ2n) is 4.54. The van der Waals surface area contributed by atoms with Crippen LogP contribution in [0.1, 0.15) is 16.7 Å². The first-order chi connectivity index (χ1) is 8.83. The van der Waals surface area contributed by atoms with E-state index in [1.54, 1.807) is 0 Å². The minimum absolute atomic E-state index is 1.18. The molecule has 88 valence electrons. The number of rotatable bonds is 2. The fraction of sp³-hybridized carbons (Fsp3) is 0.0588. The maximum absolute atomic E-state index is 3.28. The molecule has 1 heteroatoms. The lowest BCUT2D eigenvalue weighted by atomic mass is 10.1. The quantitative estimate of drug-likeness (QED) is 0.663. The predicted molar refractivity (Wildman–Crippen MR) is 78.4 cm³/mol. The number of hydrogen-bond donors (Lipinski definition) is 1. The molecule has 18 heavy (non-hydrogen) atoms. The number of H-pyrrole nitrogens is 1. The second kappa shape index (κ2) is 4.53. The van der Waals surface area contributed by atoms with Crippen LogP contribution >= 0.6 is 0 Å². The van der Waals surface area contributed by atoms with Crippen molar-refractivity contribution in [3.63, 3.8) is 0 Å². The van der Waals surface area contributed by atoms with Gasteiger partial charge in [-0.25, -0.2) is 0 Å². The van der Waals surface area contributed by atoms with Crippen molar-refractivity contribution in [1.82, 2.24) is 4.98 Å². The molecule has 0 aliphatic heterocycles. The summed E-state index contributed by atoms with van der Waals surface area (Å²) in [6.45, 7) is 2.11. The molecular weight excluding hydrogens is 218 g/mol. The third-order valence-corrected chi connectivity index (χ3v) is 3.12. The molecule has 0 amide bonds. The fourth-order valence-corrected chi connectivity index (χ4v) is 2.19. The first-order valence-electron chi connectivity index (χ1n) is 6.14. The predicted octanol–water partition coefficient (Wildman–Crippen LogP) is 4.65. The highest BCUT2D eigenvalue weighted by Gasteiger charge is 1.98. The first-order valence-corrected chi connectivity index (χ1v) is 6.14. The van der Waals surface area contributed by atoms with Crippen LogP contribution in [0.5, 0.6) is 0 Å². The van der Waals surface area contributed by atoms with Crippen LogP contribution in [0.25, 0.3) is 23.1 Å². The van der Waals surface area contributed by atoms with E-state index in [4.69, 9.17) is 0 Å². The average Bonchev–Trinajstić information content (AvgIpc) is 2.80. The van der Waals surface area contributed by atoms with Crippen molar-refractivity contribution in [2.45, 2.75) is 6.92 Å². The summed E-state index contributed by atoms with van der Waals surface area (Å²) < 4.78 is 0. The van der Waals surface area contributed by atoms with E-state index >= 15 is 0 Å². The summed E-state index contributed by atoms with van der Waals surface area (Å²) >= 11 is 0. The smallest absolute Gasteiger partial charge is 0.0460 e. The number of para-hydroxylation sites is 1. The van der Waals surface area contributed by atoms with Gasteiger partial charge in [0, 0.05) is 17.1 Å². The summed E-state index contributed by atoms with van der Waals surface area (Å²) in [5.74, 6) is 0. The van der Waals surface area contributed by atoms with Gasteiger partial charge in [-0.2, -0.15) is 0 Å². The van der Waals surface area contributed by atoms with Gasteiger partial charge >= 0.3 is 0 Å². The number of fused-ring (bicyclic) bond motifs is 1. The van der Waals surface area contributed by atoms with Gasteiger partial charge in [-0.05, 0) is 24.1 Å². The summed E-state index contributed by atoms with van der Waals surface area (Å²) in [6, 6.07) is 16.9. The molecule has 0 aliphatic carbocycles. The van der Waals surface area contributed by atoms with Gasteiger partial charge in [-0.3, -0.25) is 0 Å². The molecule has 0 bridgehead atoms. The van der Waals surface area contributed by atoms with E-state index in [0.29, 0.717) is 0 Å². The molecule has 0 unspecified atom stereocenters. The van der Waals surface area contributed by atoms with Crippen LogP contribution in [0.15, 0.2) is 54.7 Å². The minimum Gasteiger partial charge on any atom is -0.361 e. The molecule has 1 nitrogen and oxygen atoms in total. The maximum atomic E-state index is 3.28. The average molecular weight is 233 g/mol. The highest BCUT2D eigenvalue weighted by Crippen LogP contribution is 2.20. The molecule has 1 aromatic heterocycles.